The molecule has 0 saturated carbocycles. The second kappa shape index (κ2) is 4.23. The molecule has 0 amide bonds. The average Bonchev–Trinajstić information content (AvgIpc) is 2.13. The maximum atomic E-state index is 12.8. The molecule has 0 heterocycles. The second-order valence-electron chi connectivity index (χ2n) is 2.38. The third-order valence-corrected chi connectivity index (χ3v) is 1.80. The van der Waals surface area contributed by atoms with Gasteiger partial charge in [0.2, 0.25) is 0 Å². The van der Waals surface area contributed by atoms with E-state index in [1.807, 2.05) is 0 Å². The predicted molar refractivity (Wildman–Crippen MR) is 47.3 cm³/mol. The molecule has 13 heavy (non-hydrogen) atoms. The maximum absolute atomic E-state index is 12.8. The molecule has 1 aromatic carbocycles. The molecule has 0 radical (unpaired) electrons. The minimum absolute atomic E-state index is 0.0634. The molecule has 70 valence electrons. The fraction of sp³-hybridized carbons (Fsp3) is 0.222. The Kier molecular flexibility index (Phi) is 3.25. The van der Waals surface area contributed by atoms with E-state index in [2.05, 4.69) is 0 Å². The van der Waals surface area contributed by atoms with Crippen molar-refractivity contribution in [1.82, 2.24) is 0 Å². The first-order valence-corrected chi connectivity index (χ1v) is 4.17. The number of hydrogen-bond acceptors (Lipinski definition) is 2. The lowest BCUT2D eigenvalue weighted by molar-refractivity contribution is -0.134. The zero-order valence-corrected chi connectivity index (χ0v) is 7.77. The largest absolute Gasteiger partial charge is 0.425 e. The summed E-state index contributed by atoms with van der Waals surface area (Å²) < 4.78 is 17.6. The van der Waals surface area contributed by atoms with E-state index >= 15 is 0 Å². The fourth-order valence-corrected chi connectivity index (χ4v) is 0.922. The Hall–Kier alpha value is -1.09. The highest BCUT2D eigenvalue weighted by Crippen LogP contribution is 2.26. The normalized spacial score (nSPS) is 9.77. The Bertz CT molecular complexity index is 325. The molecule has 0 aromatic heterocycles. The van der Waals surface area contributed by atoms with Crippen LogP contribution >= 0.6 is 11.6 Å². The molecular weight excluding hydrogens is 195 g/mol. The van der Waals surface area contributed by atoms with Gasteiger partial charge in [0.05, 0.1) is 0 Å². The lowest BCUT2D eigenvalue weighted by Crippen LogP contribution is -2.06. The first kappa shape index (κ1) is 9.99. The number of benzene rings is 1. The number of rotatable bonds is 2. The molecule has 0 aliphatic heterocycles. The summed E-state index contributed by atoms with van der Waals surface area (Å²) in [5.74, 6) is -0.968. The molecule has 2 nitrogen and oxygen atoms in total. The molecule has 4 heteroatoms. The van der Waals surface area contributed by atoms with Crippen molar-refractivity contribution in [3.63, 3.8) is 0 Å². The summed E-state index contributed by atoms with van der Waals surface area (Å²) in [6.45, 7) is 1.65. The van der Waals surface area contributed by atoms with Crippen LogP contribution in [0.15, 0.2) is 18.2 Å². The van der Waals surface area contributed by atoms with Gasteiger partial charge in [-0.25, -0.2) is 4.39 Å². The van der Waals surface area contributed by atoms with Gasteiger partial charge >= 0.3 is 5.97 Å². The lowest BCUT2D eigenvalue weighted by Gasteiger charge is -2.04. The van der Waals surface area contributed by atoms with Crippen LogP contribution in [-0.2, 0) is 4.79 Å². The highest BCUT2D eigenvalue weighted by molar-refractivity contribution is 6.32. The Morgan fingerprint density at radius 1 is 1.62 bits per heavy atom. The van der Waals surface area contributed by atoms with Gasteiger partial charge in [-0.05, 0) is 12.1 Å². The first-order chi connectivity index (χ1) is 6.15. The number of halogens is 2. The van der Waals surface area contributed by atoms with E-state index in [0.717, 1.165) is 0 Å². The van der Waals surface area contributed by atoms with Gasteiger partial charge in [0.15, 0.2) is 5.75 Å². The fourth-order valence-electron chi connectivity index (χ4n) is 0.758. The van der Waals surface area contributed by atoms with Gasteiger partial charge in [0.25, 0.3) is 0 Å². The molecule has 0 fully saturated rings. The molecule has 0 aliphatic carbocycles. The van der Waals surface area contributed by atoms with Crippen LogP contribution in [0, 0.1) is 5.82 Å². The quantitative estimate of drug-likeness (QED) is 0.545. The molecule has 0 saturated heterocycles. The summed E-state index contributed by atoms with van der Waals surface area (Å²) in [7, 11) is 0. The lowest BCUT2D eigenvalue weighted by atomic mass is 10.3. The van der Waals surface area contributed by atoms with Crippen molar-refractivity contribution in [3.05, 3.63) is 29.0 Å². The highest BCUT2D eigenvalue weighted by atomic mass is 35.5. The molecule has 0 atom stereocenters. The number of hydrogen-bond donors (Lipinski definition) is 0. The van der Waals surface area contributed by atoms with Crippen LogP contribution in [0.25, 0.3) is 0 Å². The summed E-state index contributed by atoms with van der Waals surface area (Å²) >= 11 is 5.54. The van der Waals surface area contributed by atoms with Crippen molar-refractivity contribution in [3.8, 4) is 5.75 Å². The Morgan fingerprint density at radius 2 is 2.31 bits per heavy atom. The van der Waals surface area contributed by atoms with Crippen molar-refractivity contribution in [2.24, 2.45) is 0 Å². The van der Waals surface area contributed by atoms with E-state index in [-0.39, 0.29) is 17.2 Å². The Balaban J connectivity index is 2.89. The Labute approximate surface area is 80.3 Å². The smallest absolute Gasteiger partial charge is 0.310 e. The molecule has 0 aliphatic rings. The van der Waals surface area contributed by atoms with Crippen LogP contribution < -0.4 is 4.74 Å². The highest BCUT2D eigenvalue weighted by Gasteiger charge is 2.09. The number of esters is 1. The van der Waals surface area contributed by atoms with Crippen LogP contribution in [0.2, 0.25) is 5.02 Å². The van der Waals surface area contributed by atoms with Crippen LogP contribution in [0.3, 0.4) is 0 Å². The molecule has 0 bridgehead atoms. The summed E-state index contributed by atoms with van der Waals surface area (Å²) in [6.07, 6.45) is 0.229. The Morgan fingerprint density at radius 3 is 2.92 bits per heavy atom. The zero-order valence-electron chi connectivity index (χ0n) is 7.01. The van der Waals surface area contributed by atoms with Crippen molar-refractivity contribution in [2.75, 3.05) is 0 Å². The summed E-state index contributed by atoms with van der Waals surface area (Å²) in [6, 6.07) is 4.07. The molecule has 1 rings (SSSR count). The van der Waals surface area contributed by atoms with Crippen LogP contribution in [0.5, 0.6) is 5.75 Å². The summed E-state index contributed by atoms with van der Waals surface area (Å²) in [4.78, 5) is 10.8. The second-order valence-corrected chi connectivity index (χ2v) is 2.76. The van der Waals surface area contributed by atoms with Crippen LogP contribution in [-0.4, -0.2) is 5.97 Å². The minimum atomic E-state index is -0.594. The van der Waals surface area contributed by atoms with Crippen molar-refractivity contribution < 1.29 is 13.9 Å². The van der Waals surface area contributed by atoms with Gasteiger partial charge < -0.3 is 4.74 Å². The number of ether oxygens (including phenoxy) is 1. The van der Waals surface area contributed by atoms with E-state index < -0.39 is 11.8 Å². The molecule has 0 N–H and O–H groups in total. The molecule has 0 unspecified atom stereocenters. The molecule has 1 aromatic rings. The number of carbonyl (C=O) groups is 1. The van der Waals surface area contributed by atoms with Gasteiger partial charge in [-0.1, -0.05) is 24.6 Å². The van der Waals surface area contributed by atoms with Crippen molar-refractivity contribution in [1.29, 1.82) is 0 Å². The van der Waals surface area contributed by atoms with Gasteiger partial charge in [0, 0.05) is 6.42 Å². The van der Waals surface area contributed by atoms with Crippen molar-refractivity contribution in [2.45, 2.75) is 13.3 Å². The standard InChI is InChI=1S/C9H8ClFO2/c1-2-8(12)13-7-5-3-4-6(11)9(7)10/h3-5H,2H2,1H3. The van der Waals surface area contributed by atoms with E-state index in [1.165, 1.54) is 18.2 Å². The van der Waals surface area contributed by atoms with E-state index in [4.69, 9.17) is 16.3 Å². The third kappa shape index (κ3) is 2.42. The molecule has 0 spiro atoms. The van der Waals surface area contributed by atoms with Crippen LogP contribution in [0.4, 0.5) is 4.39 Å². The van der Waals surface area contributed by atoms with E-state index in [0.29, 0.717) is 0 Å². The predicted octanol–water partition coefficient (Wildman–Crippen LogP) is 2.79. The zero-order chi connectivity index (χ0) is 9.84. The maximum Gasteiger partial charge on any atom is 0.310 e. The van der Waals surface area contributed by atoms with Gasteiger partial charge in [-0.3, -0.25) is 4.79 Å². The van der Waals surface area contributed by atoms with Gasteiger partial charge in [0.1, 0.15) is 10.8 Å². The summed E-state index contributed by atoms with van der Waals surface area (Å²) in [5.41, 5.74) is 0. The number of carbonyl (C=O) groups excluding carboxylic acids is 1. The summed E-state index contributed by atoms with van der Waals surface area (Å²) in [5, 5.41) is -0.163. The average molecular weight is 203 g/mol. The van der Waals surface area contributed by atoms with Gasteiger partial charge in [-0.2, -0.15) is 0 Å². The molecular formula is C9H8ClFO2. The minimum Gasteiger partial charge on any atom is -0.425 e. The van der Waals surface area contributed by atoms with E-state index in [9.17, 15) is 9.18 Å². The topological polar surface area (TPSA) is 26.3 Å². The van der Waals surface area contributed by atoms with Crippen LogP contribution in [0.1, 0.15) is 13.3 Å². The first-order valence-electron chi connectivity index (χ1n) is 3.80. The van der Waals surface area contributed by atoms with Crippen molar-refractivity contribution >= 4 is 17.6 Å². The SMILES string of the molecule is CCC(=O)Oc1cccc(F)c1Cl. The van der Waals surface area contributed by atoms with Gasteiger partial charge in [-0.15, -0.1) is 0 Å². The monoisotopic (exact) mass is 202 g/mol. The third-order valence-electron chi connectivity index (χ3n) is 1.43. The van der Waals surface area contributed by atoms with E-state index in [1.54, 1.807) is 6.92 Å².